The second kappa shape index (κ2) is 5.32. The topological polar surface area (TPSA) is 44.6 Å². The Kier molecular flexibility index (Phi) is 3.56. The van der Waals surface area contributed by atoms with E-state index in [0.29, 0.717) is 12.4 Å². The zero-order valence-electron chi connectivity index (χ0n) is 8.63. The Balaban J connectivity index is 2.03. The van der Waals surface area contributed by atoms with Crippen LogP contribution in [0.3, 0.4) is 0 Å². The molecular weight excluding hydrogens is 220 g/mol. The third-order valence-electron chi connectivity index (χ3n) is 2.16. The SMILES string of the molecule is O/N=C(\NCc1cccs1)c1ccccc1. The van der Waals surface area contributed by atoms with Gasteiger partial charge < -0.3 is 10.5 Å². The minimum atomic E-state index is 0.494. The number of benzene rings is 1. The van der Waals surface area contributed by atoms with Crippen molar-refractivity contribution < 1.29 is 5.21 Å². The van der Waals surface area contributed by atoms with Gasteiger partial charge in [0.25, 0.3) is 0 Å². The third kappa shape index (κ3) is 2.61. The summed E-state index contributed by atoms with van der Waals surface area (Å²) < 4.78 is 0. The highest BCUT2D eigenvalue weighted by Gasteiger charge is 2.02. The average molecular weight is 232 g/mol. The molecular formula is C12H12N2OS. The molecule has 0 aliphatic heterocycles. The summed E-state index contributed by atoms with van der Waals surface area (Å²) in [4.78, 5) is 1.21. The standard InChI is InChI=1S/C12H12N2OS/c15-14-12(10-5-2-1-3-6-10)13-9-11-7-4-8-16-11/h1-8,15H,9H2,(H,13,14). The van der Waals surface area contributed by atoms with Gasteiger partial charge in [0, 0.05) is 10.4 Å². The largest absolute Gasteiger partial charge is 0.409 e. The molecule has 3 nitrogen and oxygen atoms in total. The second-order valence-corrected chi connectivity index (χ2v) is 4.28. The van der Waals surface area contributed by atoms with Gasteiger partial charge in [0.1, 0.15) is 0 Å². The van der Waals surface area contributed by atoms with Gasteiger partial charge in [-0.15, -0.1) is 11.3 Å². The lowest BCUT2D eigenvalue weighted by Crippen LogP contribution is -2.23. The number of hydrogen-bond acceptors (Lipinski definition) is 3. The van der Waals surface area contributed by atoms with Crippen LogP contribution in [0, 0.1) is 0 Å². The van der Waals surface area contributed by atoms with Crippen molar-refractivity contribution in [1.29, 1.82) is 0 Å². The van der Waals surface area contributed by atoms with Gasteiger partial charge in [-0.1, -0.05) is 41.6 Å². The van der Waals surface area contributed by atoms with Crippen LogP contribution in [0.15, 0.2) is 53.0 Å². The number of rotatable bonds is 3. The first-order valence-electron chi connectivity index (χ1n) is 4.94. The second-order valence-electron chi connectivity index (χ2n) is 3.25. The minimum Gasteiger partial charge on any atom is -0.409 e. The van der Waals surface area contributed by atoms with Crippen molar-refractivity contribution in [3.8, 4) is 0 Å². The Morgan fingerprint density at radius 3 is 2.62 bits per heavy atom. The van der Waals surface area contributed by atoms with Crippen LogP contribution >= 0.6 is 11.3 Å². The van der Waals surface area contributed by atoms with E-state index in [1.165, 1.54) is 4.88 Å². The molecule has 0 aliphatic carbocycles. The monoisotopic (exact) mass is 232 g/mol. The molecule has 0 spiro atoms. The number of nitrogens with zero attached hydrogens (tertiary/aromatic N) is 1. The molecule has 0 fully saturated rings. The molecule has 2 rings (SSSR count). The van der Waals surface area contributed by atoms with Crippen molar-refractivity contribution in [2.45, 2.75) is 6.54 Å². The molecule has 0 unspecified atom stereocenters. The summed E-state index contributed by atoms with van der Waals surface area (Å²) in [5.74, 6) is 0.494. The first-order chi connectivity index (χ1) is 7.90. The van der Waals surface area contributed by atoms with Crippen LogP contribution in [0.1, 0.15) is 10.4 Å². The fourth-order valence-corrected chi connectivity index (χ4v) is 2.02. The van der Waals surface area contributed by atoms with Crippen molar-refractivity contribution >= 4 is 17.2 Å². The molecule has 0 radical (unpaired) electrons. The van der Waals surface area contributed by atoms with Crippen molar-refractivity contribution in [3.63, 3.8) is 0 Å². The maximum Gasteiger partial charge on any atom is 0.172 e. The van der Waals surface area contributed by atoms with Crippen molar-refractivity contribution in [3.05, 3.63) is 58.3 Å². The van der Waals surface area contributed by atoms with E-state index in [1.54, 1.807) is 11.3 Å². The summed E-state index contributed by atoms with van der Waals surface area (Å²) >= 11 is 1.67. The zero-order chi connectivity index (χ0) is 11.2. The molecule has 16 heavy (non-hydrogen) atoms. The molecule has 82 valence electrons. The molecule has 1 aromatic carbocycles. The van der Waals surface area contributed by atoms with Gasteiger partial charge in [0.15, 0.2) is 5.84 Å². The predicted octanol–water partition coefficient (Wildman–Crippen LogP) is 2.67. The van der Waals surface area contributed by atoms with Crippen LogP contribution in [0.5, 0.6) is 0 Å². The van der Waals surface area contributed by atoms with Gasteiger partial charge in [-0.3, -0.25) is 0 Å². The van der Waals surface area contributed by atoms with E-state index in [0.717, 1.165) is 5.56 Å². The van der Waals surface area contributed by atoms with E-state index in [1.807, 2.05) is 47.8 Å². The molecule has 0 saturated heterocycles. The van der Waals surface area contributed by atoms with Gasteiger partial charge in [0.2, 0.25) is 0 Å². The molecule has 0 bridgehead atoms. The first kappa shape index (κ1) is 10.7. The third-order valence-corrected chi connectivity index (χ3v) is 3.03. The van der Waals surface area contributed by atoms with E-state index in [4.69, 9.17) is 5.21 Å². The lowest BCUT2D eigenvalue weighted by molar-refractivity contribution is 0.317. The normalized spacial score (nSPS) is 11.4. The summed E-state index contributed by atoms with van der Waals surface area (Å²) in [5.41, 5.74) is 0.876. The lowest BCUT2D eigenvalue weighted by Gasteiger charge is -2.06. The minimum absolute atomic E-state index is 0.494. The van der Waals surface area contributed by atoms with Gasteiger partial charge in [-0.05, 0) is 11.4 Å². The van der Waals surface area contributed by atoms with Crippen molar-refractivity contribution in [1.82, 2.24) is 5.32 Å². The van der Waals surface area contributed by atoms with Crippen LogP contribution < -0.4 is 5.32 Å². The van der Waals surface area contributed by atoms with Gasteiger partial charge >= 0.3 is 0 Å². The Morgan fingerprint density at radius 2 is 2.00 bits per heavy atom. The van der Waals surface area contributed by atoms with Crippen LogP contribution in [-0.4, -0.2) is 11.0 Å². The summed E-state index contributed by atoms with van der Waals surface area (Å²) in [6.07, 6.45) is 0. The highest BCUT2D eigenvalue weighted by Crippen LogP contribution is 2.08. The number of oxime groups is 1. The van der Waals surface area contributed by atoms with Crippen LogP contribution in [-0.2, 0) is 6.54 Å². The fraction of sp³-hybridized carbons (Fsp3) is 0.0833. The fourth-order valence-electron chi connectivity index (χ4n) is 1.38. The molecule has 0 atom stereocenters. The maximum absolute atomic E-state index is 8.94. The van der Waals surface area contributed by atoms with Crippen LogP contribution in [0.4, 0.5) is 0 Å². The van der Waals surface area contributed by atoms with E-state index in [9.17, 15) is 0 Å². The van der Waals surface area contributed by atoms with Gasteiger partial charge in [-0.25, -0.2) is 0 Å². The van der Waals surface area contributed by atoms with Crippen molar-refractivity contribution in [2.75, 3.05) is 0 Å². The summed E-state index contributed by atoms with van der Waals surface area (Å²) in [6.45, 7) is 0.673. The number of amidine groups is 1. The lowest BCUT2D eigenvalue weighted by atomic mass is 10.2. The number of nitrogens with one attached hydrogen (secondary N) is 1. The Bertz CT molecular complexity index is 451. The van der Waals surface area contributed by atoms with E-state index in [2.05, 4.69) is 10.5 Å². The molecule has 2 N–H and O–H groups in total. The van der Waals surface area contributed by atoms with Crippen LogP contribution in [0.25, 0.3) is 0 Å². The average Bonchev–Trinajstić information content (AvgIpc) is 2.84. The smallest absolute Gasteiger partial charge is 0.172 e. The molecule has 4 heteroatoms. The van der Waals surface area contributed by atoms with Crippen molar-refractivity contribution in [2.24, 2.45) is 5.16 Å². The first-order valence-corrected chi connectivity index (χ1v) is 5.82. The quantitative estimate of drug-likeness (QED) is 0.370. The number of thiophene rings is 1. The molecule has 0 saturated carbocycles. The summed E-state index contributed by atoms with van der Waals surface area (Å²) in [5, 5.41) is 17.3. The number of hydrogen-bond donors (Lipinski definition) is 2. The summed E-state index contributed by atoms with van der Waals surface area (Å²) in [7, 11) is 0. The van der Waals surface area contributed by atoms with Crippen LogP contribution in [0.2, 0.25) is 0 Å². The molecule has 1 heterocycles. The summed E-state index contributed by atoms with van der Waals surface area (Å²) in [6, 6.07) is 13.6. The van der Waals surface area contributed by atoms with E-state index >= 15 is 0 Å². The highest BCUT2D eigenvalue weighted by molar-refractivity contribution is 7.09. The maximum atomic E-state index is 8.94. The molecule has 1 aromatic heterocycles. The zero-order valence-corrected chi connectivity index (χ0v) is 9.45. The highest BCUT2D eigenvalue weighted by atomic mass is 32.1. The predicted molar refractivity (Wildman–Crippen MR) is 65.9 cm³/mol. The molecule has 2 aromatic rings. The van der Waals surface area contributed by atoms with Gasteiger partial charge in [0.05, 0.1) is 6.54 Å². The Labute approximate surface area is 98.1 Å². The Hall–Kier alpha value is -1.81. The molecule has 0 aliphatic rings. The molecule has 0 amide bonds. The Morgan fingerprint density at radius 1 is 1.19 bits per heavy atom. The van der Waals surface area contributed by atoms with Gasteiger partial charge in [-0.2, -0.15) is 0 Å². The van der Waals surface area contributed by atoms with E-state index in [-0.39, 0.29) is 0 Å². The van der Waals surface area contributed by atoms with E-state index < -0.39 is 0 Å².